The summed E-state index contributed by atoms with van der Waals surface area (Å²) in [6.07, 6.45) is 0. The summed E-state index contributed by atoms with van der Waals surface area (Å²) >= 11 is -5.16. The molecule has 0 aromatic heterocycles. The first-order valence-electron chi connectivity index (χ1n) is 0.567. The van der Waals surface area contributed by atoms with Gasteiger partial charge < -0.3 is 0 Å². The molecule has 5 heavy (non-hydrogen) atoms. The van der Waals surface area contributed by atoms with E-state index in [2.05, 4.69) is 0 Å². The molecule has 0 aliphatic heterocycles. The van der Waals surface area contributed by atoms with Gasteiger partial charge >= 0.3 is 40.7 Å². The van der Waals surface area contributed by atoms with Crippen molar-refractivity contribution in [1.82, 2.24) is 0 Å². The molecule has 0 atom stereocenters. The van der Waals surface area contributed by atoms with Crippen LogP contribution in [0.5, 0.6) is 0 Å². The SMILES string of the molecule is [F][Ce]([F])[F].[Tb]. The Bertz CT molecular complexity index is 11.6. The second-order valence-corrected chi connectivity index (χ2v) is 1.56. The fraction of sp³-hybridized carbons (Fsp3) is 0. The van der Waals surface area contributed by atoms with Crippen LogP contribution < -0.4 is 0 Å². The van der Waals surface area contributed by atoms with Gasteiger partial charge in [-0.15, -0.1) is 0 Å². The quantitative estimate of drug-likeness (QED) is 0.613. The maximum absolute atomic E-state index is 9.88. The van der Waals surface area contributed by atoms with Gasteiger partial charge in [0.1, 0.15) is 0 Å². The molecule has 0 rings (SSSR count). The van der Waals surface area contributed by atoms with Gasteiger partial charge in [-0.3, -0.25) is 0 Å². The van der Waals surface area contributed by atoms with Crippen LogP contribution in [0.15, 0.2) is 0 Å². The van der Waals surface area contributed by atoms with Gasteiger partial charge in [-0.2, -0.15) is 0 Å². The molecule has 1 radical (unpaired) electrons. The molecule has 0 N–H and O–H groups in total. The predicted octanol–water partition coefficient (Wildman–Crippen LogP) is 1.26. The summed E-state index contributed by atoms with van der Waals surface area (Å²) in [5, 5.41) is 0. The van der Waals surface area contributed by atoms with Crippen LogP contribution >= 0.6 is 0 Å². The monoisotopic (exact) mass is 356 g/mol. The summed E-state index contributed by atoms with van der Waals surface area (Å²) in [6.45, 7) is 0. The fourth-order valence-corrected chi connectivity index (χ4v) is 0. The molecule has 0 saturated heterocycles. The molecule has 34 valence electrons. The average Bonchev–Trinajstić information content (AvgIpc) is 0.811. The summed E-state index contributed by atoms with van der Waals surface area (Å²) in [5.41, 5.74) is 0. The van der Waals surface area contributed by atoms with Crippen molar-refractivity contribution in [3.05, 3.63) is 0 Å². The first-order chi connectivity index (χ1) is 1.73. The molecule has 0 amide bonds. The molecule has 0 aromatic rings. The van der Waals surface area contributed by atoms with E-state index in [4.69, 9.17) is 0 Å². The number of halogens is 3. The first kappa shape index (κ1) is 10.4. The zero-order chi connectivity index (χ0) is 3.58. The fourth-order valence-electron chi connectivity index (χ4n) is 0. The smallest absolute Gasteiger partial charge is 0 e. The van der Waals surface area contributed by atoms with Crippen molar-refractivity contribution in [1.29, 1.82) is 0 Å². The Balaban J connectivity index is 0. The van der Waals surface area contributed by atoms with Crippen molar-refractivity contribution in [2.45, 2.75) is 0 Å². The van der Waals surface area contributed by atoms with Crippen molar-refractivity contribution in [3.63, 3.8) is 0 Å². The Labute approximate surface area is 77.2 Å². The third kappa shape index (κ3) is 21.3. The molecule has 0 aliphatic rings. The van der Waals surface area contributed by atoms with Gasteiger partial charge in [-0.05, 0) is 0 Å². The Kier molecular flexibility index (Phi) is 13.5. The second-order valence-electron chi connectivity index (χ2n) is 0.214. The topological polar surface area (TPSA) is 0 Å². The Morgan fingerprint density at radius 1 is 1.00 bits per heavy atom. The van der Waals surface area contributed by atoms with Crippen molar-refractivity contribution < 1.29 is 79.3 Å². The van der Waals surface area contributed by atoms with E-state index in [0.29, 0.717) is 0 Å². The third-order valence-electron chi connectivity index (χ3n) is 0. The third-order valence-corrected chi connectivity index (χ3v) is 0. The van der Waals surface area contributed by atoms with Crippen LogP contribution in [-0.4, -0.2) is 0 Å². The maximum Gasteiger partial charge on any atom is 0 e. The Morgan fingerprint density at radius 3 is 1.00 bits per heavy atom. The molecule has 0 bridgehead atoms. The normalized spacial score (nSPS) is 5.40. The standard InChI is InChI=1S/Ce.3FH.Tb/h;3*1H;/q+3;;;;/p-3. The van der Waals surface area contributed by atoms with E-state index in [1.807, 2.05) is 0 Å². The van der Waals surface area contributed by atoms with Gasteiger partial charge in [0.25, 0.3) is 0 Å². The number of hydrogen-bond acceptors (Lipinski definition) is 0. The summed E-state index contributed by atoms with van der Waals surface area (Å²) in [5.74, 6) is 0. The van der Waals surface area contributed by atoms with Gasteiger partial charge in [-0.1, -0.05) is 0 Å². The summed E-state index contributed by atoms with van der Waals surface area (Å²) in [7, 11) is 0. The minimum atomic E-state index is -5.16. The van der Waals surface area contributed by atoms with Crippen LogP contribution in [0.2, 0.25) is 0 Å². The van der Waals surface area contributed by atoms with Crippen LogP contribution in [-0.2, 0) is 0 Å². The van der Waals surface area contributed by atoms with E-state index in [-0.39, 0.29) is 38.6 Å². The molecule has 5 heteroatoms. The van der Waals surface area contributed by atoms with E-state index < -0.39 is 37.9 Å². The van der Waals surface area contributed by atoms with Gasteiger partial charge in [0.15, 0.2) is 0 Å². The first-order valence-corrected chi connectivity index (χ1v) is 4.13. The maximum atomic E-state index is 9.88. The zero-order valence-electron chi connectivity index (χ0n) is 1.97. The summed E-state index contributed by atoms with van der Waals surface area (Å²) < 4.78 is 29.6. The van der Waals surface area contributed by atoms with E-state index in [9.17, 15) is 2.73 Å². The molecule has 0 aliphatic carbocycles. The van der Waals surface area contributed by atoms with Crippen LogP contribution in [0.4, 0.5) is 2.73 Å². The molecular formula is CeF3Tb. The van der Waals surface area contributed by atoms with E-state index >= 15 is 0 Å². The predicted molar refractivity (Wildman–Crippen MR) is 3.32 cm³/mol. The van der Waals surface area contributed by atoms with Crippen LogP contribution in [0.3, 0.4) is 0 Å². The Hall–Kier alpha value is 2.45. The molecule has 0 saturated carbocycles. The minimum absolute atomic E-state index is 0. The molecule has 0 spiro atoms. The largest absolute Gasteiger partial charge is 0 e. The van der Waals surface area contributed by atoms with Gasteiger partial charge in [-0.25, -0.2) is 0 Å². The summed E-state index contributed by atoms with van der Waals surface area (Å²) in [6, 6.07) is 0. The molecular weight excluding hydrogens is 356 g/mol. The van der Waals surface area contributed by atoms with Gasteiger partial charge in [0.05, 0.1) is 0 Å². The van der Waals surface area contributed by atoms with Crippen LogP contribution in [0.1, 0.15) is 0 Å². The van der Waals surface area contributed by atoms with E-state index in [0.717, 1.165) is 0 Å². The zero-order valence-corrected chi connectivity index (χ0v) is 7.25. The molecule has 0 heterocycles. The molecule has 0 aromatic carbocycles. The van der Waals surface area contributed by atoms with Gasteiger partial charge in [0.2, 0.25) is 0 Å². The van der Waals surface area contributed by atoms with Crippen molar-refractivity contribution in [2.24, 2.45) is 0 Å². The second kappa shape index (κ2) is 6.45. The van der Waals surface area contributed by atoms with Crippen LogP contribution in [0, 0.1) is 76.6 Å². The minimum Gasteiger partial charge on any atom is 0 e. The average molecular weight is 356 g/mol. The van der Waals surface area contributed by atoms with Crippen molar-refractivity contribution in [2.75, 3.05) is 0 Å². The molecule has 0 unspecified atom stereocenters. The molecule has 0 fully saturated rings. The van der Waals surface area contributed by atoms with Gasteiger partial charge in [0, 0.05) is 38.6 Å². The summed E-state index contributed by atoms with van der Waals surface area (Å²) in [4.78, 5) is 0. The molecule has 0 nitrogen and oxygen atoms in total. The number of hydrogen-bond donors (Lipinski definition) is 0. The number of rotatable bonds is 0. The van der Waals surface area contributed by atoms with E-state index in [1.165, 1.54) is 0 Å². The van der Waals surface area contributed by atoms with Crippen molar-refractivity contribution >= 4 is 0 Å². The van der Waals surface area contributed by atoms with E-state index in [1.54, 1.807) is 0 Å². The van der Waals surface area contributed by atoms with Crippen LogP contribution in [0.25, 0.3) is 0 Å². The van der Waals surface area contributed by atoms with Crippen molar-refractivity contribution in [3.8, 4) is 0 Å². The Morgan fingerprint density at radius 2 is 1.00 bits per heavy atom.